The molecular formula is C24H34FN3O3. The molecule has 7 heteroatoms. The summed E-state index contributed by atoms with van der Waals surface area (Å²) in [6.45, 7) is 3.97. The van der Waals surface area contributed by atoms with Crippen molar-refractivity contribution >= 4 is 11.9 Å². The molecule has 0 radical (unpaired) electrons. The highest BCUT2D eigenvalue weighted by Crippen LogP contribution is 2.46. The lowest BCUT2D eigenvalue weighted by Crippen LogP contribution is -2.33. The second-order valence-corrected chi connectivity index (χ2v) is 9.34. The first-order valence-corrected chi connectivity index (χ1v) is 11.8. The third-order valence-corrected chi connectivity index (χ3v) is 6.78. The summed E-state index contributed by atoms with van der Waals surface area (Å²) < 4.78 is 19.8. The SMILES string of the molecule is C[C@@H]1C(=O)NC(=O)N1CCCCCCCNC1(c2ccc(F)c(OCC3CC3)c2)CC1. The van der Waals surface area contributed by atoms with Crippen LogP contribution in [0.25, 0.3) is 0 Å². The van der Waals surface area contributed by atoms with Gasteiger partial charge in [0.2, 0.25) is 0 Å². The Morgan fingerprint density at radius 2 is 1.90 bits per heavy atom. The average molecular weight is 432 g/mol. The molecular weight excluding hydrogens is 397 g/mol. The van der Waals surface area contributed by atoms with E-state index in [0.717, 1.165) is 57.1 Å². The van der Waals surface area contributed by atoms with Gasteiger partial charge in [-0.25, -0.2) is 9.18 Å². The van der Waals surface area contributed by atoms with Crippen molar-refractivity contribution in [2.75, 3.05) is 19.7 Å². The highest BCUT2D eigenvalue weighted by molar-refractivity contribution is 6.03. The summed E-state index contributed by atoms with van der Waals surface area (Å²) in [6.07, 6.45) is 9.85. The Labute approximate surface area is 183 Å². The number of benzene rings is 1. The standard InChI is InChI=1S/C24H34FN3O3/c1-17-22(29)27-23(30)28(17)14-6-4-2-3-5-13-26-24(11-12-24)19-9-10-20(25)21(15-19)31-16-18-7-8-18/h9-10,15,17-18,26H,2-8,11-14,16H2,1H3,(H,27,29,30)/t17-/m1/s1. The van der Waals surface area contributed by atoms with Crippen LogP contribution in [0.2, 0.25) is 0 Å². The average Bonchev–Trinajstić information content (AvgIpc) is 3.67. The molecule has 170 valence electrons. The molecule has 31 heavy (non-hydrogen) atoms. The minimum Gasteiger partial charge on any atom is -0.490 e. The number of nitrogens with one attached hydrogen (secondary N) is 2. The minimum atomic E-state index is -0.350. The summed E-state index contributed by atoms with van der Waals surface area (Å²) in [4.78, 5) is 24.8. The van der Waals surface area contributed by atoms with Gasteiger partial charge in [-0.3, -0.25) is 10.1 Å². The number of ether oxygens (including phenoxy) is 1. The van der Waals surface area contributed by atoms with Crippen LogP contribution in [0.3, 0.4) is 0 Å². The lowest BCUT2D eigenvalue weighted by molar-refractivity contribution is -0.121. The minimum absolute atomic E-state index is 0.0167. The van der Waals surface area contributed by atoms with Crippen LogP contribution in [0.15, 0.2) is 18.2 Å². The number of nitrogens with zero attached hydrogens (tertiary/aromatic N) is 1. The first-order valence-electron chi connectivity index (χ1n) is 11.8. The zero-order chi connectivity index (χ0) is 21.8. The number of hydrogen-bond donors (Lipinski definition) is 2. The van der Waals surface area contributed by atoms with Crippen LogP contribution in [0.5, 0.6) is 5.75 Å². The van der Waals surface area contributed by atoms with Crippen LogP contribution >= 0.6 is 0 Å². The van der Waals surface area contributed by atoms with E-state index in [1.54, 1.807) is 11.8 Å². The topological polar surface area (TPSA) is 70.7 Å². The Bertz CT molecular complexity index is 807. The first-order chi connectivity index (χ1) is 15.0. The molecule has 1 aromatic rings. The van der Waals surface area contributed by atoms with Gasteiger partial charge >= 0.3 is 6.03 Å². The third kappa shape index (κ3) is 5.56. The van der Waals surface area contributed by atoms with Crippen LogP contribution < -0.4 is 15.4 Å². The zero-order valence-electron chi connectivity index (χ0n) is 18.4. The number of urea groups is 1. The predicted molar refractivity (Wildman–Crippen MR) is 116 cm³/mol. The predicted octanol–water partition coefficient (Wildman–Crippen LogP) is 4.08. The molecule has 1 atom stereocenters. The van der Waals surface area contributed by atoms with Crippen molar-refractivity contribution in [2.45, 2.75) is 76.3 Å². The van der Waals surface area contributed by atoms with Gasteiger partial charge in [0.25, 0.3) is 5.91 Å². The van der Waals surface area contributed by atoms with E-state index in [9.17, 15) is 14.0 Å². The highest BCUT2D eigenvalue weighted by atomic mass is 19.1. The maximum absolute atomic E-state index is 14.1. The van der Waals surface area contributed by atoms with Crippen LogP contribution in [-0.4, -0.2) is 42.6 Å². The molecule has 3 fully saturated rings. The molecule has 2 aliphatic carbocycles. The third-order valence-electron chi connectivity index (χ3n) is 6.78. The van der Waals surface area contributed by atoms with E-state index in [4.69, 9.17) is 4.74 Å². The fourth-order valence-corrected chi connectivity index (χ4v) is 4.26. The number of amides is 3. The molecule has 2 saturated carbocycles. The quantitative estimate of drug-likeness (QED) is 0.365. The van der Waals surface area contributed by atoms with Gasteiger partial charge in [-0.2, -0.15) is 0 Å². The Morgan fingerprint density at radius 3 is 2.58 bits per heavy atom. The number of imide groups is 1. The Balaban J connectivity index is 1.12. The van der Waals surface area contributed by atoms with Crippen molar-refractivity contribution in [2.24, 2.45) is 5.92 Å². The van der Waals surface area contributed by atoms with Crippen molar-refractivity contribution in [3.05, 3.63) is 29.6 Å². The van der Waals surface area contributed by atoms with E-state index < -0.39 is 0 Å². The molecule has 0 spiro atoms. The molecule has 1 heterocycles. The van der Waals surface area contributed by atoms with Crippen molar-refractivity contribution in [3.63, 3.8) is 0 Å². The fourth-order valence-electron chi connectivity index (χ4n) is 4.26. The van der Waals surface area contributed by atoms with Gasteiger partial charge in [0.05, 0.1) is 6.61 Å². The normalized spacial score (nSPS) is 22.0. The summed E-state index contributed by atoms with van der Waals surface area (Å²) in [5.41, 5.74) is 1.12. The molecule has 1 aliphatic heterocycles. The van der Waals surface area contributed by atoms with E-state index in [2.05, 4.69) is 10.6 Å². The number of rotatable bonds is 13. The monoisotopic (exact) mass is 431 g/mol. The van der Waals surface area contributed by atoms with Crippen LogP contribution in [0, 0.1) is 11.7 Å². The molecule has 1 aromatic carbocycles. The Kier molecular flexibility index (Phi) is 6.80. The molecule has 0 bridgehead atoms. The van der Waals surface area contributed by atoms with E-state index in [1.165, 1.54) is 18.9 Å². The van der Waals surface area contributed by atoms with Crippen molar-refractivity contribution in [1.29, 1.82) is 0 Å². The summed E-state index contributed by atoms with van der Waals surface area (Å²) in [5.74, 6) is 0.521. The molecule has 0 aromatic heterocycles. The lowest BCUT2D eigenvalue weighted by Gasteiger charge is -2.19. The summed E-state index contributed by atoms with van der Waals surface area (Å²) >= 11 is 0. The van der Waals surface area contributed by atoms with E-state index in [-0.39, 0.29) is 29.3 Å². The summed E-state index contributed by atoms with van der Waals surface area (Å²) in [6, 6.07) is 4.70. The second kappa shape index (κ2) is 9.55. The molecule has 4 rings (SSSR count). The molecule has 0 unspecified atom stereocenters. The number of carbonyl (C=O) groups excluding carboxylic acids is 2. The smallest absolute Gasteiger partial charge is 0.324 e. The van der Waals surface area contributed by atoms with Gasteiger partial charge in [0.1, 0.15) is 6.04 Å². The van der Waals surface area contributed by atoms with E-state index >= 15 is 0 Å². The zero-order valence-corrected chi connectivity index (χ0v) is 18.4. The molecule has 1 saturated heterocycles. The Hall–Kier alpha value is -2.15. The lowest BCUT2D eigenvalue weighted by atomic mass is 10.0. The van der Waals surface area contributed by atoms with Gasteiger partial charge < -0.3 is 15.0 Å². The molecule has 6 nitrogen and oxygen atoms in total. The van der Waals surface area contributed by atoms with Crippen LogP contribution in [-0.2, 0) is 10.3 Å². The van der Waals surface area contributed by atoms with E-state index in [0.29, 0.717) is 24.8 Å². The van der Waals surface area contributed by atoms with Gasteiger partial charge in [-0.15, -0.1) is 0 Å². The summed E-state index contributed by atoms with van der Waals surface area (Å²) in [7, 11) is 0. The van der Waals surface area contributed by atoms with Gasteiger partial charge in [-0.05, 0) is 75.6 Å². The summed E-state index contributed by atoms with van der Waals surface area (Å²) in [5, 5.41) is 6.04. The van der Waals surface area contributed by atoms with Gasteiger partial charge in [0, 0.05) is 12.1 Å². The number of halogens is 1. The van der Waals surface area contributed by atoms with Crippen molar-refractivity contribution in [1.82, 2.24) is 15.5 Å². The van der Waals surface area contributed by atoms with E-state index in [1.807, 2.05) is 12.1 Å². The van der Waals surface area contributed by atoms with Crippen LogP contribution in [0.4, 0.5) is 9.18 Å². The number of unbranched alkanes of at least 4 members (excludes halogenated alkanes) is 4. The van der Waals surface area contributed by atoms with Crippen LogP contribution in [0.1, 0.15) is 70.3 Å². The van der Waals surface area contributed by atoms with Gasteiger partial charge in [-0.1, -0.05) is 25.3 Å². The van der Waals surface area contributed by atoms with Gasteiger partial charge in [0.15, 0.2) is 11.6 Å². The maximum Gasteiger partial charge on any atom is 0.324 e. The molecule has 3 aliphatic rings. The molecule has 3 amide bonds. The van der Waals surface area contributed by atoms with Crippen molar-refractivity contribution < 1.29 is 18.7 Å². The highest BCUT2D eigenvalue weighted by Gasteiger charge is 2.44. The largest absolute Gasteiger partial charge is 0.490 e. The maximum atomic E-state index is 14.1. The fraction of sp³-hybridized carbons (Fsp3) is 0.667. The second-order valence-electron chi connectivity index (χ2n) is 9.34. The first kappa shape index (κ1) is 22.1. The number of carbonyl (C=O) groups is 2. The molecule has 2 N–H and O–H groups in total. The van der Waals surface area contributed by atoms with Crippen molar-refractivity contribution in [3.8, 4) is 5.75 Å². The Morgan fingerprint density at radius 1 is 1.16 bits per heavy atom. The number of hydrogen-bond acceptors (Lipinski definition) is 4.